The van der Waals surface area contributed by atoms with Gasteiger partial charge in [0.1, 0.15) is 0 Å². The zero-order valence-corrected chi connectivity index (χ0v) is 11.0. The van der Waals surface area contributed by atoms with E-state index in [0.29, 0.717) is 12.8 Å². The third kappa shape index (κ3) is 2.82. The maximum atomic E-state index is 13.2. The Morgan fingerprint density at radius 1 is 1.10 bits per heavy atom. The number of halogens is 3. The van der Waals surface area contributed by atoms with Crippen molar-refractivity contribution in [1.82, 2.24) is 0 Å². The summed E-state index contributed by atoms with van der Waals surface area (Å²) >= 11 is 0. The summed E-state index contributed by atoms with van der Waals surface area (Å²) in [4.78, 5) is 0. The number of aliphatic hydroxyl groups is 3. The van der Waals surface area contributed by atoms with Crippen LogP contribution in [0.3, 0.4) is 0 Å². The SMILES string of the molecule is CC(O)(O)C1CCC(O)(c2cc(F)c(F)c(F)c2)CC1. The van der Waals surface area contributed by atoms with E-state index in [1.165, 1.54) is 6.92 Å². The first kappa shape index (κ1) is 15.3. The van der Waals surface area contributed by atoms with Crippen LogP contribution in [0.4, 0.5) is 13.2 Å². The highest BCUT2D eigenvalue weighted by Gasteiger charge is 2.41. The fraction of sp³-hybridized carbons (Fsp3) is 0.571. The van der Waals surface area contributed by atoms with Gasteiger partial charge in [0.25, 0.3) is 0 Å². The van der Waals surface area contributed by atoms with Crippen LogP contribution < -0.4 is 0 Å². The van der Waals surface area contributed by atoms with Gasteiger partial charge < -0.3 is 15.3 Å². The second kappa shape index (κ2) is 5.02. The fourth-order valence-electron chi connectivity index (χ4n) is 2.76. The summed E-state index contributed by atoms with van der Waals surface area (Å²) in [6.07, 6.45) is 0.832. The molecule has 6 heteroatoms. The van der Waals surface area contributed by atoms with E-state index in [-0.39, 0.29) is 18.4 Å². The van der Waals surface area contributed by atoms with Gasteiger partial charge in [0.2, 0.25) is 0 Å². The summed E-state index contributed by atoms with van der Waals surface area (Å²) in [7, 11) is 0. The molecule has 112 valence electrons. The molecule has 0 aromatic heterocycles. The van der Waals surface area contributed by atoms with Crippen LogP contribution in [-0.4, -0.2) is 21.1 Å². The van der Waals surface area contributed by atoms with E-state index in [2.05, 4.69) is 0 Å². The first-order valence-electron chi connectivity index (χ1n) is 6.45. The predicted octanol–water partition coefficient (Wildman–Crippen LogP) is 2.18. The molecule has 1 aliphatic rings. The lowest BCUT2D eigenvalue weighted by atomic mass is 9.73. The van der Waals surface area contributed by atoms with Crippen molar-refractivity contribution >= 4 is 0 Å². The molecule has 1 saturated carbocycles. The van der Waals surface area contributed by atoms with Gasteiger partial charge in [0, 0.05) is 5.92 Å². The van der Waals surface area contributed by atoms with E-state index < -0.39 is 34.8 Å². The Morgan fingerprint density at radius 3 is 1.95 bits per heavy atom. The lowest BCUT2D eigenvalue weighted by Crippen LogP contribution is -2.41. The van der Waals surface area contributed by atoms with Crippen LogP contribution in [0.2, 0.25) is 0 Å². The summed E-state index contributed by atoms with van der Waals surface area (Å²) in [5, 5.41) is 29.5. The van der Waals surface area contributed by atoms with Crippen LogP contribution in [0, 0.1) is 23.4 Å². The molecule has 1 fully saturated rings. The normalized spacial score (nSPS) is 27.6. The average Bonchev–Trinajstić information content (AvgIpc) is 2.34. The van der Waals surface area contributed by atoms with E-state index in [4.69, 9.17) is 0 Å². The van der Waals surface area contributed by atoms with Gasteiger partial charge >= 0.3 is 0 Å². The van der Waals surface area contributed by atoms with Crippen LogP contribution >= 0.6 is 0 Å². The van der Waals surface area contributed by atoms with Gasteiger partial charge in [-0.3, -0.25) is 0 Å². The van der Waals surface area contributed by atoms with Crippen LogP contribution in [0.25, 0.3) is 0 Å². The Morgan fingerprint density at radius 2 is 1.55 bits per heavy atom. The third-order valence-corrected chi connectivity index (χ3v) is 4.11. The van der Waals surface area contributed by atoms with Crippen LogP contribution in [0.5, 0.6) is 0 Å². The van der Waals surface area contributed by atoms with Gasteiger partial charge in [-0.05, 0) is 50.3 Å². The lowest BCUT2D eigenvalue weighted by molar-refractivity contribution is -0.201. The van der Waals surface area contributed by atoms with Crippen molar-refractivity contribution in [3.63, 3.8) is 0 Å². The van der Waals surface area contributed by atoms with Crippen molar-refractivity contribution in [1.29, 1.82) is 0 Å². The van der Waals surface area contributed by atoms with Gasteiger partial charge in [-0.2, -0.15) is 0 Å². The summed E-state index contributed by atoms with van der Waals surface area (Å²) in [5.41, 5.74) is -1.50. The highest BCUT2D eigenvalue weighted by atomic mass is 19.2. The summed E-state index contributed by atoms with van der Waals surface area (Å²) in [6.45, 7) is 1.26. The number of hydrogen-bond donors (Lipinski definition) is 3. The van der Waals surface area contributed by atoms with Crippen molar-refractivity contribution in [2.24, 2.45) is 5.92 Å². The van der Waals surface area contributed by atoms with Crippen LogP contribution in [0.1, 0.15) is 38.2 Å². The van der Waals surface area contributed by atoms with E-state index in [0.717, 1.165) is 12.1 Å². The summed E-state index contributed by atoms with van der Waals surface area (Å²) in [5.74, 6) is -6.52. The molecule has 0 spiro atoms. The quantitative estimate of drug-likeness (QED) is 0.578. The first-order chi connectivity index (χ1) is 9.13. The number of benzene rings is 1. The molecular weight excluding hydrogens is 273 g/mol. The Kier molecular flexibility index (Phi) is 3.83. The Bertz CT molecular complexity index is 480. The number of hydrogen-bond acceptors (Lipinski definition) is 3. The van der Waals surface area contributed by atoms with Crippen molar-refractivity contribution in [2.75, 3.05) is 0 Å². The monoisotopic (exact) mass is 290 g/mol. The molecule has 0 aliphatic heterocycles. The average molecular weight is 290 g/mol. The molecule has 2 rings (SSSR count). The molecule has 0 bridgehead atoms. The highest BCUT2D eigenvalue weighted by Crippen LogP contribution is 2.42. The highest BCUT2D eigenvalue weighted by molar-refractivity contribution is 5.26. The zero-order chi connectivity index (χ0) is 15.1. The number of rotatable bonds is 2. The molecule has 0 saturated heterocycles. The Balaban J connectivity index is 2.22. The van der Waals surface area contributed by atoms with Crippen molar-refractivity contribution in [2.45, 2.75) is 44.0 Å². The van der Waals surface area contributed by atoms with Crippen LogP contribution in [-0.2, 0) is 5.60 Å². The molecule has 0 radical (unpaired) electrons. The van der Waals surface area contributed by atoms with Gasteiger partial charge in [0.15, 0.2) is 23.2 Å². The topological polar surface area (TPSA) is 60.7 Å². The Hall–Kier alpha value is -1.11. The Labute approximate surface area is 114 Å². The van der Waals surface area contributed by atoms with Gasteiger partial charge in [-0.25, -0.2) is 13.2 Å². The molecule has 0 heterocycles. The minimum absolute atomic E-state index is 0.0232. The minimum atomic E-state index is -1.85. The van der Waals surface area contributed by atoms with E-state index >= 15 is 0 Å². The summed E-state index contributed by atoms with van der Waals surface area (Å²) < 4.78 is 39.4. The van der Waals surface area contributed by atoms with Crippen molar-refractivity contribution in [3.8, 4) is 0 Å². The largest absolute Gasteiger partial charge is 0.385 e. The molecule has 1 aliphatic carbocycles. The molecule has 0 amide bonds. The lowest BCUT2D eigenvalue weighted by Gasteiger charge is -2.39. The summed E-state index contributed by atoms with van der Waals surface area (Å²) in [6, 6.07) is 1.58. The van der Waals surface area contributed by atoms with Gasteiger partial charge in [-0.1, -0.05) is 0 Å². The van der Waals surface area contributed by atoms with Crippen molar-refractivity contribution < 1.29 is 28.5 Å². The maximum Gasteiger partial charge on any atom is 0.194 e. The first-order valence-corrected chi connectivity index (χ1v) is 6.45. The standard InChI is InChI=1S/C14H17F3O3/c1-13(18,19)8-2-4-14(20,5-3-8)9-6-10(15)12(17)11(16)7-9/h6-8,18-20H,2-5H2,1H3. The molecule has 1 aromatic carbocycles. The predicted molar refractivity (Wildman–Crippen MR) is 65.0 cm³/mol. The second-order valence-electron chi connectivity index (χ2n) is 5.65. The molecular formula is C14H17F3O3. The second-order valence-corrected chi connectivity index (χ2v) is 5.65. The van der Waals surface area contributed by atoms with Gasteiger partial charge in [0.05, 0.1) is 5.60 Å². The van der Waals surface area contributed by atoms with E-state index in [1.54, 1.807) is 0 Å². The van der Waals surface area contributed by atoms with E-state index in [1.807, 2.05) is 0 Å². The zero-order valence-electron chi connectivity index (χ0n) is 11.0. The molecule has 1 aromatic rings. The molecule has 0 unspecified atom stereocenters. The van der Waals surface area contributed by atoms with Gasteiger partial charge in [-0.15, -0.1) is 0 Å². The fourth-order valence-corrected chi connectivity index (χ4v) is 2.76. The van der Waals surface area contributed by atoms with Crippen molar-refractivity contribution in [3.05, 3.63) is 35.1 Å². The molecule has 3 nitrogen and oxygen atoms in total. The molecule has 20 heavy (non-hydrogen) atoms. The van der Waals surface area contributed by atoms with Crippen LogP contribution in [0.15, 0.2) is 12.1 Å². The molecule has 0 atom stereocenters. The molecule has 3 N–H and O–H groups in total. The maximum absolute atomic E-state index is 13.2. The minimum Gasteiger partial charge on any atom is -0.385 e. The third-order valence-electron chi connectivity index (χ3n) is 4.11. The van der Waals surface area contributed by atoms with E-state index in [9.17, 15) is 28.5 Å². The smallest absolute Gasteiger partial charge is 0.194 e.